The van der Waals surface area contributed by atoms with E-state index in [2.05, 4.69) is 47.4 Å². The molecule has 0 aliphatic carbocycles. The molecule has 5 heteroatoms. The van der Waals surface area contributed by atoms with Crippen LogP contribution in [-0.2, 0) is 0 Å². The summed E-state index contributed by atoms with van der Waals surface area (Å²) >= 11 is 0. The van der Waals surface area contributed by atoms with Crippen molar-refractivity contribution in [3.63, 3.8) is 0 Å². The fourth-order valence-corrected chi connectivity index (χ4v) is 2.50. The first-order valence-electron chi connectivity index (χ1n) is 8.43. The van der Waals surface area contributed by atoms with E-state index in [4.69, 9.17) is 0 Å². The van der Waals surface area contributed by atoms with Gasteiger partial charge >= 0.3 is 0 Å². The average Bonchev–Trinajstić information content (AvgIpc) is 2.61. The first kappa shape index (κ1) is 17.4. The first-order valence-corrected chi connectivity index (χ1v) is 8.43. The highest BCUT2D eigenvalue weighted by Crippen LogP contribution is 2.25. The van der Waals surface area contributed by atoms with Gasteiger partial charge in [-0.2, -0.15) is 5.26 Å². The molecule has 1 aromatic heterocycles. The van der Waals surface area contributed by atoms with Gasteiger partial charge in [-0.05, 0) is 32.9 Å². The summed E-state index contributed by atoms with van der Waals surface area (Å²) in [6.45, 7) is 6.24. The molecular weight excluding hydrogens is 322 g/mol. The van der Waals surface area contributed by atoms with Crippen molar-refractivity contribution in [1.29, 1.82) is 5.26 Å². The van der Waals surface area contributed by atoms with Gasteiger partial charge in [-0.15, -0.1) is 0 Å². The van der Waals surface area contributed by atoms with E-state index in [1.165, 1.54) is 0 Å². The zero-order chi connectivity index (χ0) is 18.6. The third-order valence-corrected chi connectivity index (χ3v) is 3.57. The summed E-state index contributed by atoms with van der Waals surface area (Å²) in [4.78, 5) is 9.28. The van der Waals surface area contributed by atoms with Gasteiger partial charge in [0.2, 0.25) is 0 Å². The van der Waals surface area contributed by atoms with Crippen molar-refractivity contribution in [3.05, 3.63) is 66.2 Å². The van der Waals surface area contributed by atoms with Crippen molar-refractivity contribution in [2.75, 3.05) is 10.6 Å². The zero-order valence-electron chi connectivity index (χ0n) is 15.1. The van der Waals surface area contributed by atoms with Gasteiger partial charge in [0.05, 0.1) is 11.3 Å². The summed E-state index contributed by atoms with van der Waals surface area (Å²) in [5, 5.41) is 15.9. The van der Waals surface area contributed by atoms with E-state index in [1.54, 1.807) is 6.07 Å². The summed E-state index contributed by atoms with van der Waals surface area (Å²) < 4.78 is 0. The topological polar surface area (TPSA) is 73.6 Å². The van der Waals surface area contributed by atoms with Crippen molar-refractivity contribution < 1.29 is 0 Å². The van der Waals surface area contributed by atoms with Gasteiger partial charge in [-0.25, -0.2) is 9.97 Å². The molecule has 0 unspecified atom stereocenters. The third-order valence-electron chi connectivity index (χ3n) is 3.57. The largest absolute Gasteiger partial charge is 0.365 e. The number of benzene rings is 2. The second-order valence-electron chi connectivity index (χ2n) is 6.99. The van der Waals surface area contributed by atoms with Gasteiger partial charge in [0.25, 0.3) is 0 Å². The van der Waals surface area contributed by atoms with Crippen LogP contribution in [0.1, 0.15) is 26.3 Å². The highest BCUT2D eigenvalue weighted by molar-refractivity contribution is 5.68. The Labute approximate surface area is 153 Å². The molecule has 3 rings (SSSR count). The van der Waals surface area contributed by atoms with Crippen molar-refractivity contribution in [1.82, 2.24) is 9.97 Å². The predicted octanol–water partition coefficient (Wildman–Crippen LogP) is 4.97. The van der Waals surface area contributed by atoms with Crippen LogP contribution < -0.4 is 10.6 Å². The molecule has 0 aliphatic heterocycles. The molecule has 1 heterocycles. The summed E-state index contributed by atoms with van der Waals surface area (Å²) in [5.41, 5.74) is 2.08. The van der Waals surface area contributed by atoms with Crippen LogP contribution in [0.15, 0.2) is 60.7 Å². The van der Waals surface area contributed by atoms with E-state index in [1.807, 2.05) is 54.6 Å². The Morgan fingerprint density at radius 1 is 0.885 bits per heavy atom. The predicted molar refractivity (Wildman–Crippen MR) is 105 cm³/mol. The van der Waals surface area contributed by atoms with E-state index in [0.717, 1.165) is 17.1 Å². The number of rotatable bonds is 4. The number of nitriles is 1. The highest BCUT2D eigenvalue weighted by atomic mass is 15.1. The summed E-state index contributed by atoms with van der Waals surface area (Å²) in [5.74, 6) is 1.98. The van der Waals surface area contributed by atoms with Crippen LogP contribution in [0.2, 0.25) is 0 Å². The minimum atomic E-state index is -0.135. The molecule has 130 valence electrons. The summed E-state index contributed by atoms with van der Waals surface area (Å²) in [7, 11) is 0. The highest BCUT2D eigenvalue weighted by Gasteiger charge is 2.14. The lowest BCUT2D eigenvalue weighted by Crippen LogP contribution is -2.26. The number of aromatic nitrogens is 2. The quantitative estimate of drug-likeness (QED) is 0.699. The Balaban J connectivity index is 2.04. The monoisotopic (exact) mass is 343 g/mol. The second kappa shape index (κ2) is 7.24. The van der Waals surface area contributed by atoms with E-state index in [-0.39, 0.29) is 5.54 Å². The SMILES string of the molecule is CC(C)(C)Nc1cc(Nc2ccccc2C#N)nc(-c2ccccc2)n1. The molecule has 26 heavy (non-hydrogen) atoms. The Bertz CT molecular complexity index is 937. The molecule has 2 aromatic carbocycles. The summed E-state index contributed by atoms with van der Waals surface area (Å²) in [6, 6.07) is 21.2. The minimum Gasteiger partial charge on any atom is -0.365 e. The van der Waals surface area contributed by atoms with E-state index >= 15 is 0 Å². The zero-order valence-corrected chi connectivity index (χ0v) is 15.1. The summed E-state index contributed by atoms with van der Waals surface area (Å²) in [6.07, 6.45) is 0. The molecule has 0 amide bonds. The van der Waals surface area contributed by atoms with Crippen LogP contribution in [0.5, 0.6) is 0 Å². The lowest BCUT2D eigenvalue weighted by atomic mass is 10.1. The molecule has 5 nitrogen and oxygen atoms in total. The Hall–Kier alpha value is -3.39. The van der Waals surface area contributed by atoms with Crippen molar-refractivity contribution in [2.24, 2.45) is 0 Å². The molecule has 2 N–H and O–H groups in total. The minimum absolute atomic E-state index is 0.135. The normalized spacial score (nSPS) is 10.8. The maximum absolute atomic E-state index is 9.30. The van der Waals surface area contributed by atoms with E-state index in [9.17, 15) is 5.26 Å². The molecule has 3 aromatic rings. The maximum atomic E-state index is 9.30. The van der Waals surface area contributed by atoms with Gasteiger partial charge < -0.3 is 10.6 Å². The van der Waals surface area contributed by atoms with Gasteiger partial charge in [0.15, 0.2) is 5.82 Å². The van der Waals surface area contributed by atoms with Crippen LogP contribution in [0, 0.1) is 11.3 Å². The van der Waals surface area contributed by atoms with Gasteiger partial charge in [0, 0.05) is 17.2 Å². The van der Waals surface area contributed by atoms with Crippen LogP contribution >= 0.6 is 0 Å². The maximum Gasteiger partial charge on any atom is 0.163 e. The molecule has 0 fully saturated rings. The molecule has 0 saturated heterocycles. The fourth-order valence-electron chi connectivity index (χ4n) is 2.50. The van der Waals surface area contributed by atoms with Crippen LogP contribution in [-0.4, -0.2) is 15.5 Å². The van der Waals surface area contributed by atoms with Crippen LogP contribution in [0.25, 0.3) is 11.4 Å². The molecule has 0 spiro atoms. The Morgan fingerprint density at radius 3 is 2.23 bits per heavy atom. The second-order valence-corrected chi connectivity index (χ2v) is 6.99. The molecule has 0 aliphatic rings. The molecule has 0 atom stereocenters. The average molecular weight is 343 g/mol. The molecule has 0 radical (unpaired) electrons. The standard InChI is InChI=1S/C21H21N5/c1-21(2,3)26-19-13-18(23-17-12-8-7-11-16(17)14-22)24-20(25-19)15-9-5-4-6-10-15/h4-13H,1-3H3,(H2,23,24,25,26). The van der Waals surface area contributed by atoms with Gasteiger partial charge in [0.1, 0.15) is 17.7 Å². The number of para-hydroxylation sites is 1. The number of anilines is 3. The Kier molecular flexibility index (Phi) is 4.85. The Morgan fingerprint density at radius 2 is 1.54 bits per heavy atom. The van der Waals surface area contributed by atoms with Gasteiger partial charge in [-0.1, -0.05) is 42.5 Å². The fraction of sp³-hybridized carbons (Fsp3) is 0.190. The van der Waals surface area contributed by atoms with Crippen molar-refractivity contribution >= 4 is 17.3 Å². The van der Waals surface area contributed by atoms with E-state index in [0.29, 0.717) is 17.2 Å². The lowest BCUT2D eigenvalue weighted by molar-refractivity contribution is 0.630. The van der Waals surface area contributed by atoms with Crippen LogP contribution in [0.3, 0.4) is 0 Å². The third kappa shape index (κ3) is 4.37. The molecule has 0 saturated carbocycles. The number of nitrogens with one attached hydrogen (secondary N) is 2. The smallest absolute Gasteiger partial charge is 0.163 e. The van der Waals surface area contributed by atoms with Gasteiger partial charge in [-0.3, -0.25) is 0 Å². The number of hydrogen-bond donors (Lipinski definition) is 2. The van der Waals surface area contributed by atoms with Crippen molar-refractivity contribution in [2.45, 2.75) is 26.3 Å². The van der Waals surface area contributed by atoms with E-state index < -0.39 is 0 Å². The van der Waals surface area contributed by atoms with Crippen LogP contribution in [0.4, 0.5) is 17.3 Å². The lowest BCUT2D eigenvalue weighted by Gasteiger charge is -2.22. The number of hydrogen-bond acceptors (Lipinski definition) is 5. The van der Waals surface area contributed by atoms with Crippen molar-refractivity contribution in [3.8, 4) is 17.5 Å². The number of nitrogens with zero attached hydrogens (tertiary/aromatic N) is 3. The first-order chi connectivity index (χ1) is 12.4. The molecule has 0 bridgehead atoms. The molecular formula is C21H21N5.